The standard InChI is InChI=1S/C19H15ClFN5/c20-16-10-13(1-3-17(16)21)25-19-6-7-22-18-4-2-12(9-15(18)19)23-11-14-5-8-24-26-14/h1-10,23H,11H2,(H,22,25)(H,24,26). The SMILES string of the molecule is Fc1ccc(Nc2ccnc3ccc(NCc4ccn[nH]4)cc23)cc1Cl. The van der Waals surface area contributed by atoms with Gasteiger partial charge in [0.2, 0.25) is 0 Å². The fourth-order valence-electron chi connectivity index (χ4n) is 2.68. The second-order valence-corrected chi connectivity index (χ2v) is 6.19. The van der Waals surface area contributed by atoms with Gasteiger partial charge in [0, 0.05) is 34.8 Å². The van der Waals surface area contributed by atoms with E-state index in [0.717, 1.165) is 28.0 Å². The van der Waals surface area contributed by atoms with Gasteiger partial charge in [-0.2, -0.15) is 5.10 Å². The molecule has 0 bridgehead atoms. The molecule has 2 aromatic heterocycles. The van der Waals surface area contributed by atoms with Gasteiger partial charge in [-0.3, -0.25) is 10.1 Å². The molecule has 5 nitrogen and oxygen atoms in total. The molecule has 0 aliphatic rings. The highest BCUT2D eigenvalue weighted by atomic mass is 35.5. The van der Waals surface area contributed by atoms with E-state index < -0.39 is 5.82 Å². The second-order valence-electron chi connectivity index (χ2n) is 5.78. The van der Waals surface area contributed by atoms with Crippen molar-refractivity contribution in [3.8, 4) is 0 Å². The van der Waals surface area contributed by atoms with Crippen molar-refractivity contribution < 1.29 is 4.39 Å². The average Bonchev–Trinajstić information content (AvgIpc) is 3.17. The largest absolute Gasteiger partial charge is 0.379 e. The predicted octanol–water partition coefficient (Wildman–Crippen LogP) is 5.11. The zero-order valence-electron chi connectivity index (χ0n) is 13.6. The molecule has 2 heterocycles. The number of hydrogen-bond donors (Lipinski definition) is 3. The van der Waals surface area contributed by atoms with Crippen LogP contribution in [0.3, 0.4) is 0 Å². The smallest absolute Gasteiger partial charge is 0.141 e. The summed E-state index contributed by atoms with van der Waals surface area (Å²) in [7, 11) is 0. The van der Waals surface area contributed by atoms with Gasteiger partial charge in [-0.15, -0.1) is 0 Å². The summed E-state index contributed by atoms with van der Waals surface area (Å²) in [6.07, 6.45) is 3.45. The van der Waals surface area contributed by atoms with Crippen molar-refractivity contribution in [3.63, 3.8) is 0 Å². The third-order valence-electron chi connectivity index (χ3n) is 3.98. The number of aromatic amines is 1. The number of hydrogen-bond acceptors (Lipinski definition) is 4. The van der Waals surface area contributed by atoms with Crippen LogP contribution in [0.2, 0.25) is 5.02 Å². The number of H-pyrrole nitrogens is 1. The summed E-state index contributed by atoms with van der Waals surface area (Å²) in [6.45, 7) is 0.641. The minimum Gasteiger partial charge on any atom is -0.379 e. The molecule has 0 saturated heterocycles. The number of benzene rings is 2. The van der Waals surface area contributed by atoms with Gasteiger partial charge in [-0.05, 0) is 48.5 Å². The van der Waals surface area contributed by atoms with Gasteiger partial charge in [0.05, 0.1) is 22.8 Å². The van der Waals surface area contributed by atoms with Crippen LogP contribution in [0.1, 0.15) is 5.69 Å². The lowest BCUT2D eigenvalue weighted by Crippen LogP contribution is -2.00. The molecule has 0 aliphatic heterocycles. The predicted molar refractivity (Wildman–Crippen MR) is 102 cm³/mol. The molecule has 7 heteroatoms. The van der Waals surface area contributed by atoms with E-state index in [1.807, 2.05) is 30.3 Å². The summed E-state index contributed by atoms with van der Waals surface area (Å²) >= 11 is 5.87. The third-order valence-corrected chi connectivity index (χ3v) is 4.27. The summed E-state index contributed by atoms with van der Waals surface area (Å²) in [5, 5.41) is 14.5. The molecular weight excluding hydrogens is 353 g/mol. The number of rotatable bonds is 5. The maximum atomic E-state index is 13.4. The van der Waals surface area contributed by atoms with E-state index >= 15 is 0 Å². The highest BCUT2D eigenvalue weighted by molar-refractivity contribution is 6.31. The topological polar surface area (TPSA) is 65.6 Å². The summed E-state index contributed by atoms with van der Waals surface area (Å²) < 4.78 is 13.4. The zero-order chi connectivity index (χ0) is 17.9. The van der Waals surface area contributed by atoms with E-state index in [4.69, 9.17) is 11.6 Å². The van der Waals surface area contributed by atoms with Gasteiger partial charge < -0.3 is 10.6 Å². The Morgan fingerprint density at radius 3 is 2.69 bits per heavy atom. The number of fused-ring (bicyclic) bond motifs is 1. The molecule has 3 N–H and O–H groups in total. The monoisotopic (exact) mass is 367 g/mol. The Hall–Kier alpha value is -3.12. The van der Waals surface area contributed by atoms with E-state index in [-0.39, 0.29) is 5.02 Å². The van der Waals surface area contributed by atoms with E-state index in [1.165, 1.54) is 6.07 Å². The van der Waals surface area contributed by atoms with Crippen LogP contribution >= 0.6 is 11.6 Å². The Balaban J connectivity index is 1.63. The number of pyridine rings is 1. The highest BCUT2D eigenvalue weighted by Gasteiger charge is 2.06. The number of halogens is 2. The van der Waals surface area contributed by atoms with Crippen molar-refractivity contribution in [2.45, 2.75) is 6.54 Å². The Bertz CT molecular complexity index is 1050. The lowest BCUT2D eigenvalue weighted by atomic mass is 10.1. The molecule has 0 spiro atoms. The Kier molecular flexibility index (Phi) is 4.41. The summed E-state index contributed by atoms with van der Waals surface area (Å²) in [5.74, 6) is -0.443. The highest BCUT2D eigenvalue weighted by Crippen LogP contribution is 2.29. The molecule has 130 valence electrons. The van der Waals surface area contributed by atoms with Gasteiger partial charge >= 0.3 is 0 Å². The van der Waals surface area contributed by atoms with Crippen LogP contribution in [-0.4, -0.2) is 15.2 Å². The van der Waals surface area contributed by atoms with Crippen LogP contribution in [0.15, 0.2) is 60.9 Å². The average molecular weight is 368 g/mol. The summed E-state index contributed by atoms with van der Waals surface area (Å²) in [5.41, 5.74) is 4.38. The fourth-order valence-corrected chi connectivity index (χ4v) is 2.86. The first-order chi connectivity index (χ1) is 12.7. The first-order valence-electron chi connectivity index (χ1n) is 8.02. The van der Waals surface area contributed by atoms with Crippen LogP contribution in [0, 0.1) is 5.82 Å². The molecule has 2 aromatic carbocycles. The number of nitrogens with one attached hydrogen (secondary N) is 3. The van der Waals surface area contributed by atoms with E-state index in [9.17, 15) is 4.39 Å². The molecular formula is C19H15ClFN5. The van der Waals surface area contributed by atoms with Gasteiger partial charge in [-0.25, -0.2) is 4.39 Å². The maximum absolute atomic E-state index is 13.4. The maximum Gasteiger partial charge on any atom is 0.141 e. The third kappa shape index (κ3) is 3.45. The molecule has 0 saturated carbocycles. The fraction of sp³-hybridized carbons (Fsp3) is 0.0526. The van der Waals surface area contributed by atoms with Gasteiger partial charge in [0.1, 0.15) is 5.82 Å². The van der Waals surface area contributed by atoms with E-state index in [0.29, 0.717) is 12.2 Å². The molecule has 0 aliphatic carbocycles. The number of aromatic nitrogens is 3. The number of anilines is 3. The van der Waals surface area contributed by atoms with Gasteiger partial charge in [0.25, 0.3) is 0 Å². The van der Waals surface area contributed by atoms with Crippen LogP contribution < -0.4 is 10.6 Å². The van der Waals surface area contributed by atoms with Crippen molar-refractivity contribution in [2.24, 2.45) is 0 Å². The molecule has 4 aromatic rings. The first-order valence-corrected chi connectivity index (χ1v) is 8.40. The number of nitrogens with zero attached hydrogens (tertiary/aromatic N) is 2. The molecule has 0 fully saturated rings. The van der Waals surface area contributed by atoms with Gasteiger partial charge in [0.15, 0.2) is 0 Å². The minimum atomic E-state index is -0.443. The molecule has 26 heavy (non-hydrogen) atoms. The van der Waals surface area contributed by atoms with Crippen LogP contribution in [0.5, 0.6) is 0 Å². The first kappa shape index (κ1) is 16.4. The van der Waals surface area contributed by atoms with E-state index in [2.05, 4.69) is 25.8 Å². The second kappa shape index (κ2) is 7.01. The summed E-state index contributed by atoms with van der Waals surface area (Å²) in [6, 6.07) is 14.3. The normalized spacial score (nSPS) is 10.8. The van der Waals surface area contributed by atoms with Crippen molar-refractivity contribution >= 4 is 39.6 Å². The van der Waals surface area contributed by atoms with Crippen LogP contribution in [-0.2, 0) is 6.54 Å². The van der Waals surface area contributed by atoms with Crippen molar-refractivity contribution in [1.29, 1.82) is 0 Å². The molecule has 0 unspecified atom stereocenters. The van der Waals surface area contributed by atoms with Crippen LogP contribution in [0.4, 0.5) is 21.5 Å². The molecule has 0 radical (unpaired) electrons. The van der Waals surface area contributed by atoms with Gasteiger partial charge in [-0.1, -0.05) is 11.6 Å². The van der Waals surface area contributed by atoms with Crippen LogP contribution in [0.25, 0.3) is 10.9 Å². The molecule has 4 rings (SSSR count). The Labute approximate surface area is 154 Å². The Morgan fingerprint density at radius 2 is 1.88 bits per heavy atom. The minimum absolute atomic E-state index is 0.0790. The molecule has 0 amide bonds. The van der Waals surface area contributed by atoms with Crippen molar-refractivity contribution in [1.82, 2.24) is 15.2 Å². The molecule has 0 atom stereocenters. The lowest BCUT2D eigenvalue weighted by Gasteiger charge is -2.12. The summed E-state index contributed by atoms with van der Waals surface area (Å²) in [4.78, 5) is 4.40. The van der Waals surface area contributed by atoms with Crippen molar-refractivity contribution in [2.75, 3.05) is 10.6 Å². The zero-order valence-corrected chi connectivity index (χ0v) is 14.4. The van der Waals surface area contributed by atoms with Crippen molar-refractivity contribution in [3.05, 3.63) is 77.5 Å². The Morgan fingerprint density at radius 1 is 1.00 bits per heavy atom. The lowest BCUT2D eigenvalue weighted by molar-refractivity contribution is 0.628. The quantitative estimate of drug-likeness (QED) is 0.459. The van der Waals surface area contributed by atoms with E-state index in [1.54, 1.807) is 24.5 Å².